The molecule has 2 aliphatic heterocycles. The molecular weight excluding hydrogens is 346 g/mol. The summed E-state index contributed by atoms with van der Waals surface area (Å²) in [5, 5.41) is 3.10. The number of amides is 1. The van der Waals surface area contributed by atoms with Gasteiger partial charge in [-0.25, -0.2) is 4.79 Å². The number of carbonyl (C=O) groups is 1. The summed E-state index contributed by atoms with van der Waals surface area (Å²) < 4.78 is 17.2. The summed E-state index contributed by atoms with van der Waals surface area (Å²) in [6.07, 6.45) is 0.480. The van der Waals surface area contributed by atoms with E-state index in [0.717, 1.165) is 39.3 Å². The van der Waals surface area contributed by atoms with Crippen molar-refractivity contribution in [3.8, 4) is 0 Å². The Labute approximate surface area is 164 Å². The fourth-order valence-electron chi connectivity index (χ4n) is 4.11. The summed E-state index contributed by atoms with van der Waals surface area (Å²) in [5.41, 5.74) is -0.501. The smallest absolute Gasteiger partial charge is 0.407 e. The Morgan fingerprint density at radius 2 is 1.30 bits per heavy atom. The first-order valence-corrected chi connectivity index (χ1v) is 10.3. The summed E-state index contributed by atoms with van der Waals surface area (Å²) in [5.74, 6) is 0. The molecule has 2 heterocycles. The van der Waals surface area contributed by atoms with Gasteiger partial charge in [0.1, 0.15) is 5.60 Å². The summed E-state index contributed by atoms with van der Waals surface area (Å²) in [4.78, 5) is 17.2. The lowest BCUT2D eigenvalue weighted by atomic mass is 10.1. The number of ether oxygens (including phenoxy) is 3. The zero-order chi connectivity index (χ0) is 20.2. The molecule has 7 heteroatoms. The Morgan fingerprint density at radius 1 is 0.926 bits per heavy atom. The number of nitrogens with one attached hydrogen (secondary N) is 1. The fraction of sp³-hybridized carbons (Fsp3) is 0.950. The van der Waals surface area contributed by atoms with E-state index in [4.69, 9.17) is 14.2 Å². The molecule has 0 radical (unpaired) electrons. The van der Waals surface area contributed by atoms with E-state index in [9.17, 15) is 4.79 Å². The van der Waals surface area contributed by atoms with Gasteiger partial charge in [0.2, 0.25) is 0 Å². The lowest BCUT2D eigenvalue weighted by Crippen LogP contribution is -2.57. The Hall–Kier alpha value is -0.890. The highest BCUT2D eigenvalue weighted by Gasteiger charge is 2.29. The van der Waals surface area contributed by atoms with Crippen molar-refractivity contribution in [2.24, 2.45) is 0 Å². The quantitative estimate of drug-likeness (QED) is 0.782. The van der Waals surface area contributed by atoms with Gasteiger partial charge in [-0.3, -0.25) is 9.80 Å². The van der Waals surface area contributed by atoms with E-state index in [-0.39, 0.29) is 36.6 Å². The summed E-state index contributed by atoms with van der Waals surface area (Å²) in [6.45, 7) is 19.2. The molecule has 1 amide bonds. The molecule has 27 heavy (non-hydrogen) atoms. The van der Waals surface area contributed by atoms with Gasteiger partial charge in [-0.15, -0.1) is 0 Å². The maximum Gasteiger partial charge on any atom is 0.407 e. The molecule has 158 valence electrons. The van der Waals surface area contributed by atoms with Gasteiger partial charge in [0.05, 0.1) is 30.5 Å². The van der Waals surface area contributed by atoms with Gasteiger partial charge in [-0.2, -0.15) is 0 Å². The molecule has 4 atom stereocenters. The number of morpholine rings is 2. The van der Waals surface area contributed by atoms with Crippen molar-refractivity contribution in [2.75, 3.05) is 39.3 Å². The van der Waals surface area contributed by atoms with Crippen LogP contribution in [-0.2, 0) is 14.2 Å². The molecule has 2 saturated heterocycles. The van der Waals surface area contributed by atoms with Crippen molar-refractivity contribution >= 4 is 6.09 Å². The molecular formula is C20H39N3O4. The van der Waals surface area contributed by atoms with Crippen LogP contribution in [0.25, 0.3) is 0 Å². The topological polar surface area (TPSA) is 63.3 Å². The average molecular weight is 386 g/mol. The highest BCUT2D eigenvalue weighted by Crippen LogP contribution is 2.15. The molecule has 2 fully saturated rings. The molecule has 2 aliphatic rings. The van der Waals surface area contributed by atoms with E-state index >= 15 is 0 Å². The first kappa shape index (κ1) is 22.4. The van der Waals surface area contributed by atoms with E-state index in [1.165, 1.54) is 0 Å². The molecule has 4 unspecified atom stereocenters. The van der Waals surface area contributed by atoms with Crippen LogP contribution in [0.2, 0.25) is 0 Å². The highest BCUT2D eigenvalue weighted by atomic mass is 16.6. The molecule has 0 aromatic heterocycles. The first-order chi connectivity index (χ1) is 12.5. The van der Waals surface area contributed by atoms with E-state index in [1.807, 2.05) is 20.8 Å². The molecule has 2 rings (SSSR count). The lowest BCUT2D eigenvalue weighted by Gasteiger charge is -2.40. The number of rotatable bonds is 5. The van der Waals surface area contributed by atoms with Gasteiger partial charge >= 0.3 is 6.09 Å². The Bertz CT molecular complexity index is 434. The number of hydrogen-bond acceptors (Lipinski definition) is 6. The van der Waals surface area contributed by atoms with E-state index in [0.29, 0.717) is 0 Å². The second-order valence-corrected chi connectivity index (χ2v) is 9.29. The summed E-state index contributed by atoms with van der Waals surface area (Å²) in [6, 6.07) is -0.00477. The lowest BCUT2D eigenvalue weighted by molar-refractivity contribution is -0.0790. The highest BCUT2D eigenvalue weighted by molar-refractivity contribution is 5.68. The first-order valence-electron chi connectivity index (χ1n) is 10.3. The van der Waals surface area contributed by atoms with Crippen molar-refractivity contribution in [1.29, 1.82) is 0 Å². The predicted octanol–water partition coefficient (Wildman–Crippen LogP) is 2.10. The zero-order valence-corrected chi connectivity index (χ0v) is 18.2. The van der Waals surface area contributed by atoms with Crippen LogP contribution in [0.5, 0.6) is 0 Å². The Balaban J connectivity index is 1.99. The number of hydrogen-bond donors (Lipinski definition) is 1. The molecule has 7 nitrogen and oxygen atoms in total. The molecule has 0 saturated carbocycles. The standard InChI is InChI=1S/C20H39N3O4/c1-14-8-22(9-15(2)25-14)12-18(21-19(24)27-20(5,6)7)13-23-10-16(3)26-17(4)11-23/h14-18H,8-13H2,1-7H3,(H,21,24). The minimum Gasteiger partial charge on any atom is -0.444 e. The van der Waals surface area contributed by atoms with Crippen LogP contribution in [0.1, 0.15) is 48.5 Å². The number of nitrogens with zero attached hydrogens (tertiary/aromatic N) is 2. The van der Waals surface area contributed by atoms with Crippen molar-refractivity contribution < 1.29 is 19.0 Å². The number of carbonyl (C=O) groups excluding carboxylic acids is 1. The normalized spacial score (nSPS) is 32.1. The molecule has 0 spiro atoms. The molecule has 1 N–H and O–H groups in total. The summed E-state index contributed by atoms with van der Waals surface area (Å²) >= 11 is 0. The average Bonchev–Trinajstić information content (AvgIpc) is 2.42. The fourth-order valence-corrected chi connectivity index (χ4v) is 4.11. The van der Waals surface area contributed by atoms with Gasteiger partial charge in [-0.05, 0) is 48.5 Å². The van der Waals surface area contributed by atoms with Crippen molar-refractivity contribution in [2.45, 2.75) is 84.5 Å². The molecule has 0 aliphatic carbocycles. The predicted molar refractivity (Wildman–Crippen MR) is 106 cm³/mol. The zero-order valence-electron chi connectivity index (χ0n) is 18.2. The second-order valence-electron chi connectivity index (χ2n) is 9.29. The van der Waals surface area contributed by atoms with E-state index < -0.39 is 5.60 Å². The summed E-state index contributed by atoms with van der Waals surface area (Å²) in [7, 11) is 0. The third-order valence-corrected chi connectivity index (χ3v) is 4.67. The monoisotopic (exact) mass is 385 g/mol. The van der Waals surface area contributed by atoms with Gasteiger partial charge in [0.15, 0.2) is 0 Å². The van der Waals surface area contributed by atoms with E-state index in [2.05, 4.69) is 42.8 Å². The van der Waals surface area contributed by atoms with Crippen molar-refractivity contribution in [1.82, 2.24) is 15.1 Å². The van der Waals surface area contributed by atoms with Gasteiger partial charge in [0.25, 0.3) is 0 Å². The van der Waals surface area contributed by atoms with Crippen LogP contribution in [0.15, 0.2) is 0 Å². The third-order valence-electron chi connectivity index (χ3n) is 4.67. The Morgan fingerprint density at radius 3 is 1.63 bits per heavy atom. The maximum absolute atomic E-state index is 12.4. The second kappa shape index (κ2) is 9.54. The number of alkyl carbamates (subject to hydrolysis) is 1. The maximum atomic E-state index is 12.4. The third kappa shape index (κ3) is 8.34. The van der Waals surface area contributed by atoms with Crippen molar-refractivity contribution in [3.05, 3.63) is 0 Å². The molecule has 0 aromatic carbocycles. The largest absolute Gasteiger partial charge is 0.444 e. The molecule has 0 aromatic rings. The Kier molecular flexibility index (Phi) is 7.92. The minimum absolute atomic E-state index is 0.00477. The SMILES string of the molecule is CC1CN(CC(CN2CC(C)OC(C)C2)NC(=O)OC(C)(C)C)CC(C)O1. The van der Waals surface area contributed by atoms with Crippen LogP contribution in [0.3, 0.4) is 0 Å². The van der Waals surface area contributed by atoms with Crippen molar-refractivity contribution in [3.63, 3.8) is 0 Å². The van der Waals surface area contributed by atoms with Crippen LogP contribution in [0, 0.1) is 0 Å². The van der Waals surface area contributed by atoms with Crippen LogP contribution >= 0.6 is 0 Å². The van der Waals surface area contributed by atoms with Gasteiger partial charge < -0.3 is 19.5 Å². The van der Waals surface area contributed by atoms with Crippen LogP contribution in [-0.4, -0.2) is 91.2 Å². The molecule has 0 bridgehead atoms. The van der Waals surface area contributed by atoms with Crippen LogP contribution in [0.4, 0.5) is 4.79 Å². The van der Waals surface area contributed by atoms with Gasteiger partial charge in [-0.1, -0.05) is 0 Å². The van der Waals surface area contributed by atoms with E-state index in [1.54, 1.807) is 0 Å². The minimum atomic E-state index is -0.501. The van der Waals surface area contributed by atoms with Crippen LogP contribution < -0.4 is 5.32 Å². The van der Waals surface area contributed by atoms with Gasteiger partial charge in [0, 0.05) is 39.3 Å².